The summed E-state index contributed by atoms with van der Waals surface area (Å²) in [7, 11) is 4.55. The molecule has 0 aliphatic carbocycles. The molecular formula is C19H17Cl2N3O5S. The highest BCUT2D eigenvalue weighted by Gasteiger charge is 2.18. The van der Waals surface area contributed by atoms with Gasteiger partial charge in [-0.05, 0) is 30.3 Å². The molecule has 0 aliphatic rings. The van der Waals surface area contributed by atoms with E-state index in [0.29, 0.717) is 38.5 Å². The van der Waals surface area contributed by atoms with Crippen molar-refractivity contribution < 1.29 is 23.4 Å². The fraction of sp³-hybridized carbons (Fsp3) is 0.211. The molecule has 0 atom stereocenters. The Morgan fingerprint density at radius 3 is 2.33 bits per heavy atom. The van der Waals surface area contributed by atoms with E-state index >= 15 is 0 Å². The average molecular weight is 470 g/mol. The maximum absolute atomic E-state index is 12.2. The fourth-order valence-corrected chi connectivity index (χ4v) is 3.35. The Morgan fingerprint density at radius 2 is 1.73 bits per heavy atom. The number of amides is 1. The largest absolute Gasteiger partial charge is 0.493 e. The van der Waals surface area contributed by atoms with Crippen LogP contribution in [0.25, 0.3) is 11.5 Å². The molecule has 2 aromatic carbocycles. The number of halogens is 2. The molecule has 0 aliphatic heterocycles. The molecule has 0 spiro atoms. The van der Waals surface area contributed by atoms with Crippen LogP contribution >= 0.6 is 35.0 Å². The smallest absolute Gasteiger partial charge is 0.277 e. The van der Waals surface area contributed by atoms with Gasteiger partial charge < -0.3 is 23.9 Å². The number of rotatable bonds is 8. The highest BCUT2D eigenvalue weighted by atomic mass is 35.5. The van der Waals surface area contributed by atoms with Crippen LogP contribution in [0.3, 0.4) is 0 Å². The number of thioether (sulfide) groups is 1. The van der Waals surface area contributed by atoms with Gasteiger partial charge in [0.2, 0.25) is 17.5 Å². The van der Waals surface area contributed by atoms with Crippen molar-refractivity contribution in [2.24, 2.45) is 0 Å². The van der Waals surface area contributed by atoms with Gasteiger partial charge in [0.25, 0.3) is 5.22 Å². The average Bonchev–Trinajstić information content (AvgIpc) is 3.23. The summed E-state index contributed by atoms with van der Waals surface area (Å²) in [5, 5.41) is 11.7. The van der Waals surface area contributed by atoms with Gasteiger partial charge in [-0.2, -0.15) is 0 Å². The van der Waals surface area contributed by atoms with E-state index < -0.39 is 0 Å². The fourth-order valence-electron chi connectivity index (χ4n) is 2.49. The Balaban J connectivity index is 1.68. The zero-order valence-electron chi connectivity index (χ0n) is 16.2. The van der Waals surface area contributed by atoms with Gasteiger partial charge in [-0.1, -0.05) is 35.0 Å². The van der Waals surface area contributed by atoms with Gasteiger partial charge in [-0.15, -0.1) is 10.2 Å². The molecule has 3 aromatic rings. The predicted octanol–water partition coefficient (Wildman–Crippen LogP) is 4.80. The summed E-state index contributed by atoms with van der Waals surface area (Å²) < 4.78 is 21.6. The molecule has 1 N–H and O–H groups in total. The first-order valence-electron chi connectivity index (χ1n) is 8.46. The lowest BCUT2D eigenvalue weighted by atomic mass is 10.2. The van der Waals surface area contributed by atoms with Crippen LogP contribution in [0.2, 0.25) is 10.0 Å². The van der Waals surface area contributed by atoms with E-state index in [9.17, 15) is 4.79 Å². The summed E-state index contributed by atoms with van der Waals surface area (Å²) in [6, 6.07) is 8.22. The molecule has 1 amide bonds. The molecule has 30 heavy (non-hydrogen) atoms. The Kier molecular flexibility index (Phi) is 7.30. The molecular weight excluding hydrogens is 453 g/mol. The highest BCUT2D eigenvalue weighted by Crippen LogP contribution is 2.41. The van der Waals surface area contributed by atoms with E-state index in [-0.39, 0.29) is 22.8 Å². The Hall–Kier alpha value is -2.62. The molecule has 1 heterocycles. The van der Waals surface area contributed by atoms with Crippen molar-refractivity contribution in [2.45, 2.75) is 5.22 Å². The van der Waals surface area contributed by atoms with Crippen molar-refractivity contribution in [2.75, 3.05) is 32.4 Å². The summed E-state index contributed by atoms with van der Waals surface area (Å²) in [4.78, 5) is 12.2. The number of anilines is 1. The molecule has 0 unspecified atom stereocenters. The lowest BCUT2D eigenvalue weighted by Crippen LogP contribution is -2.13. The summed E-state index contributed by atoms with van der Waals surface area (Å²) >= 11 is 12.9. The zero-order valence-corrected chi connectivity index (χ0v) is 18.5. The monoisotopic (exact) mass is 469 g/mol. The third kappa shape index (κ3) is 5.10. The van der Waals surface area contributed by atoms with Crippen LogP contribution in [0.15, 0.2) is 40.0 Å². The standard InChI is InChI=1S/C19H17Cl2N3O5S/c1-26-14-6-10(7-15(27-2)17(14)28-3)18-23-24-19(29-18)30-9-16(25)22-11-4-5-12(20)13(21)8-11/h4-8H,9H2,1-3H3,(H,22,25). The highest BCUT2D eigenvalue weighted by molar-refractivity contribution is 7.99. The minimum absolute atomic E-state index is 0.0666. The molecule has 3 rings (SSSR count). The number of carbonyl (C=O) groups excluding carboxylic acids is 1. The number of ether oxygens (including phenoxy) is 3. The van der Waals surface area contributed by atoms with Crippen LogP contribution in [-0.2, 0) is 4.79 Å². The molecule has 0 fully saturated rings. The molecule has 8 nitrogen and oxygen atoms in total. The van der Waals surface area contributed by atoms with Crippen LogP contribution < -0.4 is 19.5 Å². The van der Waals surface area contributed by atoms with Crippen molar-refractivity contribution in [3.05, 3.63) is 40.4 Å². The topological polar surface area (TPSA) is 95.7 Å². The van der Waals surface area contributed by atoms with Gasteiger partial charge >= 0.3 is 0 Å². The van der Waals surface area contributed by atoms with E-state index in [2.05, 4.69) is 15.5 Å². The van der Waals surface area contributed by atoms with Crippen molar-refractivity contribution in [3.63, 3.8) is 0 Å². The summed E-state index contributed by atoms with van der Waals surface area (Å²) in [5.41, 5.74) is 1.13. The van der Waals surface area contributed by atoms with Crippen molar-refractivity contribution in [1.82, 2.24) is 10.2 Å². The van der Waals surface area contributed by atoms with E-state index in [0.717, 1.165) is 11.8 Å². The molecule has 158 valence electrons. The maximum atomic E-state index is 12.2. The minimum Gasteiger partial charge on any atom is -0.493 e. The van der Waals surface area contributed by atoms with Gasteiger partial charge in [-0.25, -0.2) is 0 Å². The molecule has 0 saturated carbocycles. The second kappa shape index (κ2) is 9.92. The molecule has 0 saturated heterocycles. The second-order valence-electron chi connectivity index (χ2n) is 5.75. The first kappa shape index (κ1) is 22.1. The number of carbonyl (C=O) groups is 1. The third-order valence-corrected chi connectivity index (χ3v) is 5.41. The van der Waals surface area contributed by atoms with E-state index in [1.165, 1.54) is 21.3 Å². The zero-order chi connectivity index (χ0) is 21.7. The summed E-state index contributed by atoms with van der Waals surface area (Å²) in [6.45, 7) is 0. The quantitative estimate of drug-likeness (QED) is 0.469. The van der Waals surface area contributed by atoms with Gasteiger partial charge in [0.1, 0.15) is 0 Å². The normalized spacial score (nSPS) is 10.6. The summed E-state index contributed by atoms with van der Waals surface area (Å²) in [5.74, 6) is 1.43. The first-order chi connectivity index (χ1) is 14.4. The van der Waals surface area contributed by atoms with E-state index in [1.807, 2.05) is 0 Å². The minimum atomic E-state index is -0.258. The Morgan fingerprint density at radius 1 is 1.03 bits per heavy atom. The summed E-state index contributed by atoms with van der Waals surface area (Å²) in [6.07, 6.45) is 0. The molecule has 0 radical (unpaired) electrons. The number of nitrogens with zero attached hydrogens (tertiary/aromatic N) is 2. The van der Waals surface area contributed by atoms with Gasteiger partial charge in [0.05, 0.1) is 37.1 Å². The van der Waals surface area contributed by atoms with E-state index in [4.69, 9.17) is 41.8 Å². The SMILES string of the molecule is COc1cc(-c2nnc(SCC(=O)Nc3ccc(Cl)c(Cl)c3)o2)cc(OC)c1OC. The van der Waals surface area contributed by atoms with Crippen LogP contribution in [0.1, 0.15) is 0 Å². The maximum Gasteiger partial charge on any atom is 0.277 e. The number of benzene rings is 2. The Bertz CT molecular complexity index is 1040. The Labute approximate surface area is 186 Å². The van der Waals surface area contributed by atoms with Crippen LogP contribution in [0, 0.1) is 0 Å². The van der Waals surface area contributed by atoms with Gasteiger partial charge in [-0.3, -0.25) is 4.79 Å². The number of methoxy groups -OCH3 is 3. The number of hydrogen-bond acceptors (Lipinski definition) is 8. The van der Waals surface area contributed by atoms with Gasteiger partial charge in [0, 0.05) is 11.3 Å². The van der Waals surface area contributed by atoms with Crippen molar-refractivity contribution in [1.29, 1.82) is 0 Å². The van der Waals surface area contributed by atoms with Crippen molar-refractivity contribution >= 4 is 46.6 Å². The number of hydrogen-bond donors (Lipinski definition) is 1. The van der Waals surface area contributed by atoms with Crippen LogP contribution in [-0.4, -0.2) is 43.2 Å². The number of nitrogens with one attached hydrogen (secondary N) is 1. The number of aromatic nitrogens is 2. The van der Waals surface area contributed by atoms with Crippen LogP contribution in [0.4, 0.5) is 5.69 Å². The lowest BCUT2D eigenvalue weighted by molar-refractivity contribution is -0.113. The molecule has 1 aromatic heterocycles. The first-order valence-corrected chi connectivity index (χ1v) is 10.2. The molecule has 0 bridgehead atoms. The second-order valence-corrected chi connectivity index (χ2v) is 7.49. The van der Waals surface area contributed by atoms with Crippen LogP contribution in [0.5, 0.6) is 17.2 Å². The lowest BCUT2D eigenvalue weighted by Gasteiger charge is -2.12. The van der Waals surface area contributed by atoms with Crippen molar-refractivity contribution in [3.8, 4) is 28.7 Å². The van der Waals surface area contributed by atoms with Gasteiger partial charge in [0.15, 0.2) is 11.5 Å². The van der Waals surface area contributed by atoms with E-state index in [1.54, 1.807) is 30.3 Å². The predicted molar refractivity (Wildman–Crippen MR) is 115 cm³/mol. The third-order valence-electron chi connectivity index (χ3n) is 3.85. The molecule has 11 heteroatoms.